The van der Waals surface area contributed by atoms with Crippen LogP contribution in [0.25, 0.3) is 0 Å². The van der Waals surface area contributed by atoms with E-state index in [1.165, 1.54) is 0 Å². The first-order valence-corrected chi connectivity index (χ1v) is 5.26. The highest BCUT2D eigenvalue weighted by Crippen LogP contribution is 1.84. The van der Waals surface area contributed by atoms with Crippen LogP contribution in [0.5, 0.6) is 0 Å². The Balaban J connectivity index is 2.02. The highest BCUT2D eigenvalue weighted by atomic mass is 16.1. The van der Waals surface area contributed by atoms with Crippen molar-refractivity contribution in [1.82, 2.24) is 20.2 Å². The molecule has 15 heavy (non-hydrogen) atoms. The minimum atomic E-state index is 0.0936. The summed E-state index contributed by atoms with van der Waals surface area (Å²) in [5.41, 5.74) is 0. The molecule has 0 aliphatic carbocycles. The molecule has 0 bridgehead atoms. The van der Waals surface area contributed by atoms with E-state index >= 15 is 0 Å². The fourth-order valence-electron chi connectivity index (χ4n) is 1.21. The minimum Gasteiger partial charge on any atom is -0.354 e. The lowest BCUT2D eigenvalue weighted by Gasteiger charge is -2.05. The Hall–Kier alpha value is -1.36. The maximum atomic E-state index is 11.3. The molecule has 0 radical (unpaired) electrons. The maximum absolute atomic E-state index is 11.3. The Morgan fingerprint density at radius 3 is 3.00 bits per heavy atom. The normalized spacial score (nSPS) is 10.2. The zero-order valence-electron chi connectivity index (χ0n) is 9.07. The summed E-state index contributed by atoms with van der Waals surface area (Å²) in [4.78, 5) is 15.2. The molecule has 84 valence electrons. The van der Waals surface area contributed by atoms with Gasteiger partial charge in [0.25, 0.3) is 0 Å². The topological polar surface area (TPSA) is 59.0 Å². The highest BCUT2D eigenvalue weighted by molar-refractivity contribution is 5.75. The molecular formula is C10H18N4O. The number of hydrogen-bond acceptors (Lipinski definition) is 3. The van der Waals surface area contributed by atoms with Crippen LogP contribution in [0.1, 0.15) is 13.3 Å². The Kier molecular flexibility index (Phi) is 5.47. The summed E-state index contributed by atoms with van der Waals surface area (Å²) >= 11 is 0. The molecule has 0 aromatic carbocycles. The predicted octanol–water partition coefficient (Wildman–Crippen LogP) is -0.00110. The third-order valence-corrected chi connectivity index (χ3v) is 2.03. The number of nitrogens with one attached hydrogen (secondary N) is 2. The van der Waals surface area contributed by atoms with Crippen molar-refractivity contribution in [3.05, 3.63) is 18.7 Å². The average Bonchev–Trinajstić information content (AvgIpc) is 2.71. The van der Waals surface area contributed by atoms with E-state index in [4.69, 9.17) is 0 Å². The lowest BCUT2D eigenvalue weighted by molar-refractivity contribution is -0.121. The molecule has 0 saturated carbocycles. The first-order valence-electron chi connectivity index (χ1n) is 5.26. The van der Waals surface area contributed by atoms with E-state index < -0.39 is 0 Å². The van der Waals surface area contributed by atoms with Gasteiger partial charge in [0.15, 0.2) is 0 Å². The standard InChI is InChI=1S/C10H18N4O/c1-2-11-4-3-10(15)13-6-8-14-7-5-12-9-14/h5,7,9,11H,2-4,6,8H2,1H3,(H,13,15). The van der Waals surface area contributed by atoms with Crippen LogP contribution < -0.4 is 10.6 Å². The van der Waals surface area contributed by atoms with E-state index in [2.05, 4.69) is 15.6 Å². The second-order valence-electron chi connectivity index (χ2n) is 3.25. The largest absolute Gasteiger partial charge is 0.354 e. The third kappa shape index (κ3) is 5.17. The van der Waals surface area contributed by atoms with Crippen molar-refractivity contribution >= 4 is 5.91 Å². The van der Waals surface area contributed by atoms with Gasteiger partial charge in [-0.2, -0.15) is 0 Å². The van der Waals surface area contributed by atoms with Crippen molar-refractivity contribution in [3.63, 3.8) is 0 Å². The van der Waals surface area contributed by atoms with Crippen molar-refractivity contribution in [2.45, 2.75) is 19.9 Å². The Morgan fingerprint density at radius 2 is 2.33 bits per heavy atom. The number of hydrogen-bond donors (Lipinski definition) is 2. The number of rotatable bonds is 7. The van der Waals surface area contributed by atoms with Gasteiger partial charge in [-0.3, -0.25) is 4.79 Å². The molecule has 1 aromatic heterocycles. The molecular weight excluding hydrogens is 192 g/mol. The molecule has 1 amide bonds. The quantitative estimate of drug-likeness (QED) is 0.623. The average molecular weight is 210 g/mol. The van der Waals surface area contributed by atoms with E-state index in [1.807, 2.05) is 17.7 Å². The van der Waals surface area contributed by atoms with Gasteiger partial charge in [0.05, 0.1) is 6.33 Å². The number of imidazole rings is 1. The van der Waals surface area contributed by atoms with Crippen LogP contribution in [0.3, 0.4) is 0 Å². The van der Waals surface area contributed by atoms with E-state index in [-0.39, 0.29) is 5.91 Å². The van der Waals surface area contributed by atoms with Crippen LogP contribution >= 0.6 is 0 Å². The molecule has 0 aliphatic heterocycles. The Labute approximate surface area is 89.9 Å². The van der Waals surface area contributed by atoms with Gasteiger partial charge in [0.2, 0.25) is 5.91 Å². The second kappa shape index (κ2) is 7.00. The van der Waals surface area contributed by atoms with Crippen LogP contribution in [0.15, 0.2) is 18.7 Å². The number of carbonyl (C=O) groups is 1. The maximum Gasteiger partial charge on any atom is 0.221 e. The van der Waals surface area contributed by atoms with E-state index in [0.717, 1.165) is 19.6 Å². The smallest absolute Gasteiger partial charge is 0.221 e. The molecule has 2 N–H and O–H groups in total. The first-order chi connectivity index (χ1) is 7.33. The molecule has 0 unspecified atom stereocenters. The van der Waals surface area contributed by atoms with E-state index in [9.17, 15) is 4.79 Å². The van der Waals surface area contributed by atoms with Crippen molar-refractivity contribution in [3.8, 4) is 0 Å². The fraction of sp³-hybridized carbons (Fsp3) is 0.600. The number of amides is 1. The second-order valence-corrected chi connectivity index (χ2v) is 3.25. The van der Waals surface area contributed by atoms with Gasteiger partial charge in [0, 0.05) is 38.4 Å². The first kappa shape index (κ1) is 11.7. The van der Waals surface area contributed by atoms with E-state index in [1.54, 1.807) is 12.5 Å². The molecule has 0 atom stereocenters. The van der Waals surface area contributed by atoms with Crippen LogP contribution in [-0.2, 0) is 11.3 Å². The van der Waals surface area contributed by atoms with Crippen LogP contribution in [0.2, 0.25) is 0 Å². The monoisotopic (exact) mass is 210 g/mol. The van der Waals surface area contributed by atoms with Gasteiger partial charge in [-0.15, -0.1) is 0 Å². The summed E-state index contributed by atoms with van der Waals surface area (Å²) in [6.07, 6.45) is 5.89. The highest BCUT2D eigenvalue weighted by Gasteiger charge is 1.98. The SMILES string of the molecule is CCNCCC(=O)NCCn1ccnc1. The molecule has 0 spiro atoms. The lowest BCUT2D eigenvalue weighted by Crippen LogP contribution is -2.29. The van der Waals surface area contributed by atoms with Gasteiger partial charge in [-0.05, 0) is 6.54 Å². The summed E-state index contributed by atoms with van der Waals surface area (Å²) in [6.45, 7) is 5.10. The van der Waals surface area contributed by atoms with Crippen molar-refractivity contribution in [1.29, 1.82) is 0 Å². The summed E-state index contributed by atoms with van der Waals surface area (Å²) in [5.74, 6) is 0.0936. The predicted molar refractivity (Wildman–Crippen MR) is 58.4 cm³/mol. The summed E-state index contributed by atoms with van der Waals surface area (Å²) in [5, 5.41) is 5.96. The van der Waals surface area contributed by atoms with Gasteiger partial charge >= 0.3 is 0 Å². The summed E-state index contributed by atoms with van der Waals surface area (Å²) in [7, 11) is 0. The Bertz CT molecular complexity index is 271. The summed E-state index contributed by atoms with van der Waals surface area (Å²) < 4.78 is 1.94. The Morgan fingerprint density at radius 1 is 1.47 bits per heavy atom. The van der Waals surface area contributed by atoms with Gasteiger partial charge in [-0.25, -0.2) is 4.98 Å². The summed E-state index contributed by atoms with van der Waals surface area (Å²) in [6, 6.07) is 0. The van der Waals surface area contributed by atoms with Crippen molar-refractivity contribution < 1.29 is 4.79 Å². The number of nitrogens with zero attached hydrogens (tertiary/aromatic N) is 2. The molecule has 5 heteroatoms. The van der Waals surface area contributed by atoms with Crippen LogP contribution in [0, 0.1) is 0 Å². The zero-order valence-corrected chi connectivity index (χ0v) is 9.07. The van der Waals surface area contributed by atoms with Crippen LogP contribution in [0.4, 0.5) is 0 Å². The fourth-order valence-corrected chi connectivity index (χ4v) is 1.21. The third-order valence-electron chi connectivity index (χ3n) is 2.03. The molecule has 0 fully saturated rings. The van der Waals surface area contributed by atoms with Crippen molar-refractivity contribution in [2.24, 2.45) is 0 Å². The molecule has 0 aliphatic rings. The minimum absolute atomic E-state index is 0.0936. The zero-order chi connectivity index (χ0) is 10.9. The van der Waals surface area contributed by atoms with Gasteiger partial charge in [-0.1, -0.05) is 6.92 Å². The molecule has 5 nitrogen and oxygen atoms in total. The molecule has 1 rings (SSSR count). The van der Waals surface area contributed by atoms with Crippen molar-refractivity contribution in [2.75, 3.05) is 19.6 Å². The van der Waals surface area contributed by atoms with Gasteiger partial charge in [0.1, 0.15) is 0 Å². The molecule has 1 heterocycles. The molecule has 0 saturated heterocycles. The molecule has 1 aromatic rings. The number of carbonyl (C=O) groups excluding carboxylic acids is 1. The van der Waals surface area contributed by atoms with E-state index in [0.29, 0.717) is 13.0 Å². The number of aromatic nitrogens is 2. The van der Waals surface area contributed by atoms with Gasteiger partial charge < -0.3 is 15.2 Å². The van der Waals surface area contributed by atoms with Crippen LogP contribution in [-0.4, -0.2) is 35.1 Å². The lowest BCUT2D eigenvalue weighted by atomic mass is 10.4.